The molecule has 2 rings (SSSR count). The van der Waals surface area contributed by atoms with Crippen molar-refractivity contribution in [3.05, 3.63) is 58.7 Å². The molecular weight excluding hydrogens is 380 g/mol. The minimum atomic E-state index is -5.06. The fourth-order valence-electron chi connectivity index (χ4n) is 2.10. The van der Waals surface area contributed by atoms with Gasteiger partial charge < -0.3 is 10.1 Å². The number of nitrogens with two attached hydrogens (primary N) is 1. The number of carbonyl (C=O) groups is 1. The first kappa shape index (κ1) is 19.7. The average Bonchev–Trinajstić information content (AvgIpc) is 2.60. The number of carbonyl (C=O) groups excluding carboxylic acids is 1. The lowest BCUT2D eigenvalue weighted by molar-refractivity contribution is 0.0940. The maximum atomic E-state index is 13.9. The summed E-state index contributed by atoms with van der Waals surface area (Å²) in [5, 5.41) is 6.79. The molecule has 2 aromatic rings. The molecule has 11 heteroatoms. The van der Waals surface area contributed by atoms with Gasteiger partial charge in [-0.2, -0.15) is 0 Å². The minimum Gasteiger partial charge on any atom is -0.497 e. The highest BCUT2D eigenvalue weighted by atomic mass is 32.2. The summed E-state index contributed by atoms with van der Waals surface area (Å²) < 4.78 is 82.2. The predicted molar refractivity (Wildman–Crippen MR) is 81.8 cm³/mol. The van der Waals surface area contributed by atoms with Crippen LogP contribution < -0.4 is 15.2 Å². The van der Waals surface area contributed by atoms with Gasteiger partial charge in [-0.15, -0.1) is 0 Å². The molecule has 3 N–H and O–H groups in total. The Hall–Kier alpha value is -2.66. The third-order valence-electron chi connectivity index (χ3n) is 3.35. The van der Waals surface area contributed by atoms with Gasteiger partial charge in [-0.05, 0) is 17.7 Å². The number of primary sulfonamides is 1. The minimum absolute atomic E-state index is 0.243. The van der Waals surface area contributed by atoms with Gasteiger partial charge in [-0.25, -0.2) is 31.1 Å². The van der Waals surface area contributed by atoms with Gasteiger partial charge in [-0.1, -0.05) is 12.1 Å². The van der Waals surface area contributed by atoms with Crippen molar-refractivity contribution in [2.24, 2.45) is 5.14 Å². The largest absolute Gasteiger partial charge is 0.497 e. The summed E-state index contributed by atoms with van der Waals surface area (Å²) in [5.74, 6) is -10.1. The Labute approximate surface area is 145 Å². The first-order valence-electron chi connectivity index (χ1n) is 6.87. The van der Waals surface area contributed by atoms with Crippen LogP contribution in [0.1, 0.15) is 15.9 Å². The molecule has 6 nitrogen and oxygen atoms in total. The molecule has 2 aromatic carbocycles. The van der Waals surface area contributed by atoms with Crippen LogP contribution in [0.3, 0.4) is 0 Å². The predicted octanol–water partition coefficient (Wildman–Crippen LogP) is 1.83. The molecule has 0 atom stereocenters. The van der Waals surface area contributed by atoms with Crippen LogP contribution in [-0.2, 0) is 16.6 Å². The zero-order chi connectivity index (χ0) is 19.6. The number of sulfonamides is 1. The van der Waals surface area contributed by atoms with Gasteiger partial charge in [0.2, 0.25) is 10.0 Å². The molecule has 0 unspecified atom stereocenters. The monoisotopic (exact) mass is 392 g/mol. The number of methoxy groups -OCH3 is 1. The lowest BCUT2D eigenvalue weighted by Gasteiger charge is -2.12. The molecular formula is C15H12F4N2O4S. The SMILES string of the molecule is COc1ccc(CNC(=O)c2c(F)c(F)c(F)c(F)c2S(N)(=O)=O)cc1. The number of hydrogen-bond donors (Lipinski definition) is 2. The Morgan fingerprint density at radius 1 is 1.04 bits per heavy atom. The highest BCUT2D eigenvalue weighted by Crippen LogP contribution is 2.27. The molecule has 0 saturated carbocycles. The number of nitrogens with one attached hydrogen (secondary N) is 1. The highest BCUT2D eigenvalue weighted by molar-refractivity contribution is 7.89. The van der Waals surface area contributed by atoms with Crippen LogP contribution in [0, 0.1) is 23.3 Å². The fourth-order valence-corrected chi connectivity index (χ4v) is 2.90. The second-order valence-electron chi connectivity index (χ2n) is 5.04. The second kappa shape index (κ2) is 7.30. The number of rotatable bonds is 5. The van der Waals surface area contributed by atoms with Crippen molar-refractivity contribution in [2.75, 3.05) is 7.11 Å². The smallest absolute Gasteiger partial charge is 0.256 e. The maximum absolute atomic E-state index is 13.9. The van der Waals surface area contributed by atoms with Gasteiger partial charge in [0.05, 0.1) is 7.11 Å². The number of benzene rings is 2. The Kier molecular flexibility index (Phi) is 5.52. The Balaban J connectivity index is 2.41. The lowest BCUT2D eigenvalue weighted by atomic mass is 10.1. The van der Waals surface area contributed by atoms with Crippen molar-refractivity contribution in [3.63, 3.8) is 0 Å². The van der Waals surface area contributed by atoms with Crippen LogP contribution in [0.5, 0.6) is 5.75 Å². The maximum Gasteiger partial charge on any atom is 0.256 e. The molecule has 0 aromatic heterocycles. The van der Waals surface area contributed by atoms with Crippen molar-refractivity contribution < 1.29 is 35.5 Å². The zero-order valence-corrected chi connectivity index (χ0v) is 14.0. The van der Waals surface area contributed by atoms with Crippen LogP contribution in [0.25, 0.3) is 0 Å². The van der Waals surface area contributed by atoms with Gasteiger partial charge in [0, 0.05) is 6.54 Å². The molecule has 0 spiro atoms. The van der Waals surface area contributed by atoms with Gasteiger partial charge in [0.15, 0.2) is 23.3 Å². The Morgan fingerprint density at radius 2 is 1.58 bits per heavy atom. The summed E-state index contributed by atoms with van der Waals surface area (Å²) in [6.07, 6.45) is 0. The average molecular weight is 392 g/mol. The topological polar surface area (TPSA) is 98.5 Å². The summed E-state index contributed by atoms with van der Waals surface area (Å²) in [7, 11) is -3.63. The number of amides is 1. The van der Waals surface area contributed by atoms with E-state index in [1.165, 1.54) is 19.2 Å². The summed E-state index contributed by atoms with van der Waals surface area (Å²) >= 11 is 0. The number of ether oxygens (including phenoxy) is 1. The molecule has 140 valence electrons. The van der Waals surface area contributed by atoms with Crippen molar-refractivity contribution in [3.8, 4) is 5.75 Å². The Bertz CT molecular complexity index is 963. The van der Waals surface area contributed by atoms with Crippen molar-refractivity contribution >= 4 is 15.9 Å². The molecule has 0 bridgehead atoms. The zero-order valence-electron chi connectivity index (χ0n) is 13.1. The molecule has 26 heavy (non-hydrogen) atoms. The van der Waals surface area contributed by atoms with Crippen molar-refractivity contribution in [1.29, 1.82) is 0 Å². The van der Waals surface area contributed by atoms with Gasteiger partial charge in [-0.3, -0.25) is 4.79 Å². The standard InChI is InChI=1S/C15H12F4N2O4S/c1-25-8-4-2-7(3-5-8)6-21-15(22)9-10(16)11(17)12(18)13(19)14(9)26(20,23)24/h2-5H,6H2,1H3,(H,21,22)(H2,20,23,24). The number of halogens is 4. The molecule has 0 fully saturated rings. The van der Waals surface area contributed by atoms with Crippen LogP contribution >= 0.6 is 0 Å². The Morgan fingerprint density at radius 3 is 2.08 bits per heavy atom. The summed E-state index contributed by atoms with van der Waals surface area (Å²) in [6, 6.07) is 6.16. The van der Waals surface area contributed by atoms with E-state index in [-0.39, 0.29) is 6.54 Å². The fraction of sp³-hybridized carbons (Fsp3) is 0.133. The van der Waals surface area contributed by atoms with E-state index in [9.17, 15) is 30.8 Å². The summed E-state index contributed by atoms with van der Waals surface area (Å²) in [6.45, 7) is -0.243. The van der Waals surface area contributed by atoms with E-state index >= 15 is 0 Å². The van der Waals surface area contributed by atoms with Gasteiger partial charge >= 0.3 is 0 Å². The van der Waals surface area contributed by atoms with Crippen LogP contribution in [0.15, 0.2) is 29.2 Å². The second-order valence-corrected chi connectivity index (χ2v) is 6.53. The van der Waals surface area contributed by atoms with Crippen molar-refractivity contribution in [2.45, 2.75) is 11.4 Å². The molecule has 0 heterocycles. The van der Waals surface area contributed by atoms with Crippen LogP contribution in [0.4, 0.5) is 17.6 Å². The lowest BCUT2D eigenvalue weighted by Crippen LogP contribution is -2.29. The van der Waals surface area contributed by atoms with E-state index in [1.54, 1.807) is 12.1 Å². The summed E-state index contributed by atoms with van der Waals surface area (Å²) in [5.41, 5.74) is -1.06. The van der Waals surface area contributed by atoms with Gasteiger partial charge in [0.1, 0.15) is 16.2 Å². The van der Waals surface area contributed by atoms with Crippen LogP contribution in [0.2, 0.25) is 0 Å². The third-order valence-corrected chi connectivity index (χ3v) is 4.30. The van der Waals surface area contributed by atoms with E-state index < -0.39 is 49.7 Å². The van der Waals surface area contributed by atoms with Crippen molar-refractivity contribution in [1.82, 2.24) is 5.32 Å². The molecule has 0 aliphatic carbocycles. The molecule has 0 radical (unpaired) electrons. The number of hydrogen-bond acceptors (Lipinski definition) is 4. The highest BCUT2D eigenvalue weighted by Gasteiger charge is 2.34. The van der Waals surface area contributed by atoms with E-state index in [0.29, 0.717) is 11.3 Å². The first-order valence-corrected chi connectivity index (χ1v) is 8.42. The van der Waals surface area contributed by atoms with Gasteiger partial charge in [0.25, 0.3) is 5.91 Å². The first-order chi connectivity index (χ1) is 12.1. The molecule has 0 aliphatic rings. The molecule has 1 amide bonds. The van der Waals surface area contributed by atoms with E-state index in [1.807, 2.05) is 0 Å². The normalized spacial score (nSPS) is 11.3. The molecule has 0 saturated heterocycles. The van der Waals surface area contributed by atoms with E-state index in [2.05, 4.69) is 5.32 Å². The van der Waals surface area contributed by atoms with Crippen LogP contribution in [-0.4, -0.2) is 21.4 Å². The van der Waals surface area contributed by atoms with E-state index in [0.717, 1.165) is 0 Å². The third kappa shape index (κ3) is 3.78. The molecule has 0 aliphatic heterocycles. The summed E-state index contributed by atoms with van der Waals surface area (Å²) in [4.78, 5) is 10.3. The quantitative estimate of drug-likeness (QED) is 0.461. The van der Waals surface area contributed by atoms with E-state index in [4.69, 9.17) is 9.88 Å².